The Kier molecular flexibility index (Phi) is 5.24. The van der Waals surface area contributed by atoms with Gasteiger partial charge < -0.3 is 5.32 Å². The van der Waals surface area contributed by atoms with Gasteiger partial charge in [0.15, 0.2) is 0 Å². The highest BCUT2D eigenvalue weighted by Crippen LogP contribution is 2.16. The fraction of sp³-hybridized carbons (Fsp3) is 0.538. The van der Waals surface area contributed by atoms with Crippen LogP contribution in [0.4, 0.5) is 0 Å². The Bertz CT molecular complexity index is 550. The van der Waals surface area contributed by atoms with Crippen molar-refractivity contribution in [2.24, 2.45) is 0 Å². The van der Waals surface area contributed by atoms with Crippen LogP contribution < -0.4 is 5.32 Å². The summed E-state index contributed by atoms with van der Waals surface area (Å²) in [7, 11) is -3.32. The van der Waals surface area contributed by atoms with Crippen LogP contribution in [0, 0.1) is 0 Å². The van der Waals surface area contributed by atoms with Gasteiger partial charge in [0.25, 0.3) is 5.91 Å². The molecule has 0 spiro atoms. The van der Waals surface area contributed by atoms with E-state index in [-0.39, 0.29) is 19.0 Å². The van der Waals surface area contributed by atoms with Crippen molar-refractivity contribution < 1.29 is 13.2 Å². The van der Waals surface area contributed by atoms with Gasteiger partial charge in [0, 0.05) is 31.0 Å². The number of hydrogen-bond acceptors (Lipinski definition) is 4. The first-order valence-electron chi connectivity index (χ1n) is 6.28. The number of aromatic nitrogens is 1. The van der Waals surface area contributed by atoms with Gasteiger partial charge >= 0.3 is 0 Å². The van der Waals surface area contributed by atoms with Crippen LogP contribution in [0.15, 0.2) is 24.5 Å². The zero-order valence-corrected chi connectivity index (χ0v) is 13.1. The number of pyridine rings is 1. The first-order valence-corrected chi connectivity index (χ1v) is 8.13. The van der Waals surface area contributed by atoms with Gasteiger partial charge in [-0.05, 0) is 32.9 Å². The zero-order chi connectivity index (χ0) is 15.4. The highest BCUT2D eigenvalue weighted by Gasteiger charge is 2.28. The maximum atomic E-state index is 11.8. The average molecular weight is 299 g/mol. The van der Waals surface area contributed by atoms with Crippen molar-refractivity contribution in [2.75, 3.05) is 19.3 Å². The third-order valence-corrected chi connectivity index (χ3v) is 4.20. The normalized spacial score (nSPS) is 12.4. The molecular weight excluding hydrogens is 278 g/mol. The fourth-order valence-corrected chi connectivity index (χ4v) is 3.29. The molecule has 7 heteroatoms. The number of amides is 1. The van der Waals surface area contributed by atoms with Crippen molar-refractivity contribution in [1.29, 1.82) is 0 Å². The second-order valence-corrected chi connectivity index (χ2v) is 7.41. The van der Waals surface area contributed by atoms with E-state index < -0.39 is 15.6 Å². The zero-order valence-electron chi connectivity index (χ0n) is 12.3. The van der Waals surface area contributed by atoms with Gasteiger partial charge in [0.1, 0.15) is 0 Å². The van der Waals surface area contributed by atoms with Gasteiger partial charge in [0.2, 0.25) is 10.0 Å². The van der Waals surface area contributed by atoms with E-state index in [0.717, 1.165) is 0 Å². The van der Waals surface area contributed by atoms with Crippen LogP contribution in [-0.2, 0) is 10.0 Å². The van der Waals surface area contributed by atoms with Crippen molar-refractivity contribution in [3.63, 3.8) is 0 Å². The van der Waals surface area contributed by atoms with E-state index in [9.17, 15) is 13.2 Å². The predicted molar refractivity (Wildman–Crippen MR) is 77.9 cm³/mol. The molecule has 0 saturated carbocycles. The number of carbonyl (C=O) groups is 1. The molecule has 0 bridgehead atoms. The maximum Gasteiger partial charge on any atom is 0.252 e. The van der Waals surface area contributed by atoms with E-state index >= 15 is 0 Å². The molecule has 6 nitrogen and oxygen atoms in total. The van der Waals surface area contributed by atoms with Crippen LogP contribution in [0.2, 0.25) is 0 Å². The average Bonchev–Trinajstić information content (AvgIpc) is 2.32. The maximum absolute atomic E-state index is 11.8. The summed E-state index contributed by atoms with van der Waals surface area (Å²) in [5, 5.41) is 2.69. The minimum atomic E-state index is -3.32. The lowest BCUT2D eigenvalue weighted by Crippen LogP contribution is -2.48. The van der Waals surface area contributed by atoms with E-state index in [1.807, 2.05) is 20.8 Å². The molecule has 0 aliphatic heterocycles. The van der Waals surface area contributed by atoms with E-state index in [2.05, 4.69) is 10.3 Å². The van der Waals surface area contributed by atoms with Crippen molar-refractivity contribution in [3.8, 4) is 0 Å². The smallest absolute Gasteiger partial charge is 0.252 e. The minimum absolute atomic E-state index is 0.230. The SMILES string of the molecule is CC(C)(C)N(CCNC(=O)c1cccnc1)S(C)(=O)=O. The Balaban J connectivity index is 2.61. The fourth-order valence-electron chi connectivity index (χ4n) is 1.87. The van der Waals surface area contributed by atoms with Crippen LogP contribution >= 0.6 is 0 Å². The number of sulfonamides is 1. The van der Waals surface area contributed by atoms with Crippen molar-refractivity contribution in [3.05, 3.63) is 30.1 Å². The molecule has 1 N–H and O–H groups in total. The highest BCUT2D eigenvalue weighted by atomic mass is 32.2. The van der Waals surface area contributed by atoms with Crippen molar-refractivity contribution >= 4 is 15.9 Å². The summed E-state index contributed by atoms with van der Waals surface area (Å²) in [4.78, 5) is 15.7. The van der Waals surface area contributed by atoms with E-state index in [4.69, 9.17) is 0 Å². The van der Waals surface area contributed by atoms with Gasteiger partial charge in [-0.3, -0.25) is 9.78 Å². The predicted octanol–water partition coefficient (Wildman–Crippen LogP) is 0.872. The van der Waals surface area contributed by atoms with Crippen LogP contribution in [0.25, 0.3) is 0 Å². The number of nitrogens with one attached hydrogen (secondary N) is 1. The topological polar surface area (TPSA) is 79.4 Å². The third kappa shape index (κ3) is 4.90. The Hall–Kier alpha value is -1.47. The molecule has 0 saturated heterocycles. The minimum Gasteiger partial charge on any atom is -0.351 e. The van der Waals surface area contributed by atoms with Gasteiger partial charge in [-0.1, -0.05) is 0 Å². The van der Waals surface area contributed by atoms with E-state index in [0.29, 0.717) is 5.56 Å². The summed E-state index contributed by atoms with van der Waals surface area (Å²) in [5.41, 5.74) is -0.0683. The van der Waals surface area contributed by atoms with Gasteiger partial charge in [-0.2, -0.15) is 4.31 Å². The third-order valence-electron chi connectivity index (χ3n) is 2.67. The van der Waals surface area contributed by atoms with E-state index in [1.165, 1.54) is 16.8 Å². The van der Waals surface area contributed by atoms with Gasteiger partial charge in [0.05, 0.1) is 11.8 Å². The quantitative estimate of drug-likeness (QED) is 0.875. The van der Waals surface area contributed by atoms with Crippen LogP contribution in [0.3, 0.4) is 0 Å². The lowest BCUT2D eigenvalue weighted by molar-refractivity contribution is 0.0947. The lowest BCUT2D eigenvalue weighted by atomic mass is 10.1. The molecule has 20 heavy (non-hydrogen) atoms. The Morgan fingerprint density at radius 2 is 2.05 bits per heavy atom. The number of carbonyl (C=O) groups excluding carboxylic acids is 1. The van der Waals surface area contributed by atoms with Crippen LogP contribution in [-0.4, -0.2) is 48.5 Å². The number of hydrogen-bond donors (Lipinski definition) is 1. The van der Waals surface area contributed by atoms with Crippen LogP contribution in [0.1, 0.15) is 31.1 Å². The van der Waals surface area contributed by atoms with E-state index in [1.54, 1.807) is 18.3 Å². The largest absolute Gasteiger partial charge is 0.351 e. The summed E-state index contributed by atoms with van der Waals surface area (Å²) in [6, 6.07) is 3.33. The highest BCUT2D eigenvalue weighted by molar-refractivity contribution is 7.88. The number of rotatable bonds is 5. The molecule has 1 aromatic rings. The second kappa shape index (κ2) is 6.32. The molecule has 0 fully saturated rings. The molecule has 0 aliphatic rings. The standard InChI is InChI=1S/C13H21N3O3S/c1-13(2,3)16(20(4,18)19)9-8-15-12(17)11-6-5-7-14-10-11/h5-7,10H,8-9H2,1-4H3,(H,15,17). The molecule has 0 aromatic carbocycles. The Morgan fingerprint density at radius 1 is 1.40 bits per heavy atom. The van der Waals surface area contributed by atoms with Crippen molar-refractivity contribution in [1.82, 2.24) is 14.6 Å². The molecule has 112 valence electrons. The molecule has 1 amide bonds. The summed E-state index contributed by atoms with van der Waals surface area (Å²) in [6.07, 6.45) is 4.22. The molecule has 0 radical (unpaired) electrons. The Labute approximate surface area is 120 Å². The lowest BCUT2D eigenvalue weighted by Gasteiger charge is -2.33. The molecule has 1 rings (SSSR count). The molecule has 0 unspecified atom stereocenters. The second-order valence-electron chi connectivity index (χ2n) is 5.50. The molecular formula is C13H21N3O3S. The summed E-state index contributed by atoms with van der Waals surface area (Å²) in [5.74, 6) is -0.263. The van der Waals surface area contributed by atoms with Crippen molar-refractivity contribution in [2.45, 2.75) is 26.3 Å². The molecule has 1 heterocycles. The molecule has 0 aliphatic carbocycles. The van der Waals surface area contributed by atoms with Gasteiger partial charge in [-0.25, -0.2) is 8.42 Å². The molecule has 1 aromatic heterocycles. The molecule has 0 atom stereocenters. The summed E-state index contributed by atoms with van der Waals surface area (Å²) in [6.45, 7) is 5.93. The van der Waals surface area contributed by atoms with Crippen LogP contribution in [0.5, 0.6) is 0 Å². The first-order chi connectivity index (χ1) is 9.12. The monoisotopic (exact) mass is 299 g/mol. The summed E-state index contributed by atoms with van der Waals surface area (Å²) >= 11 is 0. The first kappa shape index (κ1) is 16.6. The van der Waals surface area contributed by atoms with Gasteiger partial charge in [-0.15, -0.1) is 0 Å². The number of nitrogens with zero attached hydrogens (tertiary/aromatic N) is 2. The Morgan fingerprint density at radius 3 is 2.50 bits per heavy atom. The summed E-state index contributed by atoms with van der Waals surface area (Å²) < 4.78 is 24.8.